The van der Waals surface area contributed by atoms with Gasteiger partial charge in [0.15, 0.2) is 0 Å². The smallest absolute Gasteiger partial charge is 0.0434 e. The highest BCUT2D eigenvalue weighted by Crippen LogP contribution is 2.45. The minimum absolute atomic E-state index is 0.244. The van der Waals surface area contributed by atoms with Crippen LogP contribution in [0.3, 0.4) is 0 Å². The molecule has 1 saturated carbocycles. The van der Waals surface area contributed by atoms with Gasteiger partial charge in [0.2, 0.25) is 0 Å². The number of rotatable bonds is 3. The average Bonchev–Trinajstić information content (AvgIpc) is 3.23. The van der Waals surface area contributed by atoms with E-state index in [2.05, 4.69) is 68.7 Å². The number of aryl methyl sites for hydroxylation is 2. The lowest BCUT2D eigenvalue weighted by molar-refractivity contribution is 0.586. The van der Waals surface area contributed by atoms with E-state index >= 15 is 0 Å². The first-order valence-electron chi connectivity index (χ1n) is 7.02. The van der Waals surface area contributed by atoms with E-state index in [9.17, 15) is 0 Å². The Morgan fingerprint density at radius 2 is 1.79 bits per heavy atom. The van der Waals surface area contributed by atoms with Crippen molar-refractivity contribution < 1.29 is 0 Å². The molecule has 19 heavy (non-hydrogen) atoms. The Hall–Kier alpha value is -1.60. The van der Waals surface area contributed by atoms with Gasteiger partial charge in [0.25, 0.3) is 0 Å². The first kappa shape index (κ1) is 12.4. The zero-order chi connectivity index (χ0) is 13.5. The van der Waals surface area contributed by atoms with Crippen molar-refractivity contribution in [2.24, 2.45) is 0 Å². The Morgan fingerprint density at radius 1 is 1.00 bits per heavy atom. The van der Waals surface area contributed by atoms with Crippen LogP contribution in [0.2, 0.25) is 0 Å². The summed E-state index contributed by atoms with van der Waals surface area (Å²) in [5.74, 6) is 0. The van der Waals surface area contributed by atoms with E-state index in [0.29, 0.717) is 0 Å². The van der Waals surface area contributed by atoms with Crippen molar-refractivity contribution in [3.8, 4) is 11.1 Å². The highest BCUT2D eigenvalue weighted by molar-refractivity contribution is 5.69. The largest absolute Gasteiger partial charge is 0.310 e. The summed E-state index contributed by atoms with van der Waals surface area (Å²) in [5, 5.41) is 3.47. The SMILES string of the molecule is CNC1(c2cccc(-c3cc(C)ccc3C)c2)CC1. The summed E-state index contributed by atoms with van der Waals surface area (Å²) in [6.07, 6.45) is 2.50. The van der Waals surface area contributed by atoms with Gasteiger partial charge >= 0.3 is 0 Å². The zero-order valence-electron chi connectivity index (χ0n) is 12.0. The Morgan fingerprint density at radius 3 is 2.47 bits per heavy atom. The zero-order valence-corrected chi connectivity index (χ0v) is 12.0. The first-order valence-corrected chi connectivity index (χ1v) is 7.02. The molecule has 1 N–H and O–H groups in total. The van der Waals surface area contributed by atoms with E-state index in [1.54, 1.807) is 0 Å². The maximum Gasteiger partial charge on any atom is 0.0434 e. The lowest BCUT2D eigenvalue weighted by Gasteiger charge is -2.16. The molecule has 2 aromatic carbocycles. The van der Waals surface area contributed by atoms with Gasteiger partial charge in [-0.05, 0) is 62.1 Å². The second-order valence-electron chi connectivity index (χ2n) is 5.73. The average molecular weight is 251 g/mol. The van der Waals surface area contributed by atoms with Crippen LogP contribution in [-0.2, 0) is 5.54 Å². The molecule has 1 heteroatoms. The van der Waals surface area contributed by atoms with Crippen molar-refractivity contribution in [2.75, 3.05) is 7.05 Å². The summed E-state index contributed by atoms with van der Waals surface area (Å²) in [6.45, 7) is 4.34. The van der Waals surface area contributed by atoms with Gasteiger partial charge in [-0.25, -0.2) is 0 Å². The third-order valence-electron chi connectivity index (χ3n) is 4.35. The van der Waals surface area contributed by atoms with Crippen molar-refractivity contribution in [1.29, 1.82) is 0 Å². The quantitative estimate of drug-likeness (QED) is 0.863. The predicted molar refractivity (Wildman–Crippen MR) is 81.3 cm³/mol. The van der Waals surface area contributed by atoms with Gasteiger partial charge in [0.05, 0.1) is 0 Å². The van der Waals surface area contributed by atoms with Crippen LogP contribution in [0.4, 0.5) is 0 Å². The summed E-state index contributed by atoms with van der Waals surface area (Å²) in [4.78, 5) is 0. The van der Waals surface area contributed by atoms with Gasteiger partial charge in [-0.1, -0.05) is 42.0 Å². The Balaban J connectivity index is 2.06. The van der Waals surface area contributed by atoms with Gasteiger partial charge in [0.1, 0.15) is 0 Å². The molecule has 1 aliphatic rings. The third-order valence-corrected chi connectivity index (χ3v) is 4.35. The Bertz CT molecular complexity index is 609. The maximum atomic E-state index is 3.47. The second kappa shape index (κ2) is 4.50. The molecule has 1 aliphatic carbocycles. The molecular formula is C18H21N. The Labute approximate surface area is 115 Å². The molecule has 0 saturated heterocycles. The summed E-state index contributed by atoms with van der Waals surface area (Å²) in [7, 11) is 2.07. The van der Waals surface area contributed by atoms with Crippen molar-refractivity contribution in [3.63, 3.8) is 0 Å². The van der Waals surface area contributed by atoms with Crippen LogP contribution in [0.5, 0.6) is 0 Å². The minimum atomic E-state index is 0.244. The normalized spacial score (nSPS) is 16.4. The van der Waals surface area contributed by atoms with E-state index in [0.717, 1.165) is 0 Å². The standard InChI is InChI=1S/C18H21N/c1-13-7-8-14(2)17(11-13)15-5-4-6-16(12-15)18(19-3)9-10-18/h4-8,11-12,19H,9-10H2,1-3H3. The van der Waals surface area contributed by atoms with Crippen LogP contribution >= 0.6 is 0 Å². The molecule has 0 aliphatic heterocycles. The molecule has 0 heterocycles. The van der Waals surface area contributed by atoms with Gasteiger partial charge in [-0.2, -0.15) is 0 Å². The Kier molecular flexibility index (Phi) is 2.94. The molecule has 1 fully saturated rings. The van der Waals surface area contributed by atoms with Crippen LogP contribution in [0.15, 0.2) is 42.5 Å². The van der Waals surface area contributed by atoms with Gasteiger partial charge < -0.3 is 5.32 Å². The topological polar surface area (TPSA) is 12.0 Å². The van der Waals surface area contributed by atoms with Crippen LogP contribution < -0.4 is 5.32 Å². The molecule has 1 nitrogen and oxygen atoms in total. The molecule has 0 bridgehead atoms. The van der Waals surface area contributed by atoms with E-state index in [4.69, 9.17) is 0 Å². The molecule has 0 spiro atoms. The minimum Gasteiger partial charge on any atom is -0.310 e. The summed E-state index contributed by atoms with van der Waals surface area (Å²) < 4.78 is 0. The predicted octanol–water partition coefficient (Wildman–Crippen LogP) is 4.18. The van der Waals surface area contributed by atoms with Crippen molar-refractivity contribution in [3.05, 3.63) is 59.2 Å². The number of hydrogen-bond donors (Lipinski definition) is 1. The second-order valence-corrected chi connectivity index (χ2v) is 5.73. The molecular weight excluding hydrogens is 230 g/mol. The molecule has 0 amide bonds. The van der Waals surface area contributed by atoms with Crippen molar-refractivity contribution in [2.45, 2.75) is 32.2 Å². The fourth-order valence-corrected chi connectivity index (χ4v) is 2.84. The molecule has 0 aromatic heterocycles. The maximum absolute atomic E-state index is 3.47. The van der Waals surface area contributed by atoms with E-state index in [1.807, 2.05) is 0 Å². The number of benzene rings is 2. The molecule has 0 radical (unpaired) electrons. The van der Waals surface area contributed by atoms with Gasteiger partial charge in [-0.15, -0.1) is 0 Å². The molecule has 0 unspecified atom stereocenters. The summed E-state index contributed by atoms with van der Waals surface area (Å²) in [6, 6.07) is 15.7. The lowest BCUT2D eigenvalue weighted by atomic mass is 9.94. The summed E-state index contributed by atoms with van der Waals surface area (Å²) >= 11 is 0. The van der Waals surface area contributed by atoms with Gasteiger partial charge in [-0.3, -0.25) is 0 Å². The van der Waals surface area contributed by atoms with Crippen LogP contribution in [0.25, 0.3) is 11.1 Å². The van der Waals surface area contributed by atoms with Gasteiger partial charge in [0, 0.05) is 5.54 Å². The van der Waals surface area contributed by atoms with E-state index in [-0.39, 0.29) is 5.54 Å². The van der Waals surface area contributed by atoms with Crippen LogP contribution in [-0.4, -0.2) is 7.05 Å². The fourth-order valence-electron chi connectivity index (χ4n) is 2.84. The molecule has 2 aromatic rings. The van der Waals surface area contributed by atoms with Crippen molar-refractivity contribution >= 4 is 0 Å². The van der Waals surface area contributed by atoms with Crippen LogP contribution in [0, 0.1) is 13.8 Å². The van der Waals surface area contributed by atoms with Crippen molar-refractivity contribution in [1.82, 2.24) is 5.32 Å². The first-order chi connectivity index (χ1) is 9.14. The third kappa shape index (κ3) is 2.19. The molecule has 3 rings (SSSR count). The van der Waals surface area contributed by atoms with E-state index < -0.39 is 0 Å². The molecule has 98 valence electrons. The summed E-state index contributed by atoms with van der Waals surface area (Å²) in [5.41, 5.74) is 7.02. The fraction of sp³-hybridized carbons (Fsp3) is 0.333. The highest BCUT2D eigenvalue weighted by Gasteiger charge is 2.42. The van der Waals surface area contributed by atoms with E-state index in [1.165, 1.54) is 40.7 Å². The monoisotopic (exact) mass is 251 g/mol. The number of nitrogens with one attached hydrogen (secondary N) is 1. The molecule has 0 atom stereocenters. The highest BCUT2D eigenvalue weighted by atomic mass is 15.0. The van der Waals surface area contributed by atoms with Crippen LogP contribution in [0.1, 0.15) is 29.5 Å². The lowest BCUT2D eigenvalue weighted by Crippen LogP contribution is -2.24. The number of hydrogen-bond acceptors (Lipinski definition) is 1.